The molecule has 0 saturated carbocycles. The van der Waals surface area contributed by atoms with Gasteiger partial charge in [-0.15, -0.1) is 0 Å². The van der Waals surface area contributed by atoms with Gasteiger partial charge >= 0.3 is 0 Å². The van der Waals surface area contributed by atoms with Crippen molar-refractivity contribution in [3.63, 3.8) is 0 Å². The molecule has 12 heavy (non-hydrogen) atoms. The van der Waals surface area contributed by atoms with Gasteiger partial charge in [-0.25, -0.2) is 0 Å². The number of nitrogens with two attached hydrogens (primary N) is 1. The smallest absolute Gasteiger partial charge is 0.248 e. The molecule has 1 atom stereocenters. The molecule has 1 aliphatic heterocycles. The Balaban J connectivity index is 2.63. The Bertz CT molecular complexity index is 205. The Kier molecular flexibility index (Phi) is 2.65. The van der Waals surface area contributed by atoms with E-state index in [0.29, 0.717) is 13.0 Å². The summed E-state index contributed by atoms with van der Waals surface area (Å²) < 4.78 is 0. The highest BCUT2D eigenvalue weighted by Gasteiger charge is 2.31. The van der Waals surface area contributed by atoms with Crippen molar-refractivity contribution in [2.45, 2.75) is 18.9 Å². The summed E-state index contributed by atoms with van der Waals surface area (Å²) in [5, 5.41) is 8.55. The van der Waals surface area contributed by atoms with Crippen molar-refractivity contribution in [3.05, 3.63) is 0 Å². The highest BCUT2D eigenvalue weighted by molar-refractivity contribution is 5.87. The van der Waals surface area contributed by atoms with E-state index in [0.717, 1.165) is 6.42 Å². The number of rotatable bonds is 2. The second-order valence-corrected chi connectivity index (χ2v) is 2.81. The standard InChI is InChI=1S/C7H12N2O3/c8-7(12)5-2-1-3-9(5)6(11)4-10/h5,10H,1-4H2,(H2,8,12)/t5-/m1/s1. The van der Waals surface area contributed by atoms with Crippen molar-refractivity contribution >= 4 is 11.8 Å². The van der Waals surface area contributed by atoms with E-state index in [-0.39, 0.29) is 0 Å². The molecule has 0 aromatic carbocycles. The lowest BCUT2D eigenvalue weighted by molar-refractivity contribution is -0.139. The third-order valence-corrected chi connectivity index (χ3v) is 2.04. The highest BCUT2D eigenvalue weighted by atomic mass is 16.3. The van der Waals surface area contributed by atoms with E-state index in [2.05, 4.69) is 0 Å². The van der Waals surface area contributed by atoms with Crippen molar-refractivity contribution in [1.82, 2.24) is 4.90 Å². The summed E-state index contributed by atoms with van der Waals surface area (Å²) in [5.74, 6) is -0.911. The highest BCUT2D eigenvalue weighted by Crippen LogP contribution is 2.16. The topological polar surface area (TPSA) is 83.6 Å². The maximum Gasteiger partial charge on any atom is 0.248 e. The van der Waals surface area contributed by atoms with Crippen LogP contribution in [-0.2, 0) is 9.59 Å². The maximum absolute atomic E-state index is 11.0. The van der Waals surface area contributed by atoms with Gasteiger partial charge in [0.25, 0.3) is 0 Å². The molecule has 0 bridgehead atoms. The zero-order valence-electron chi connectivity index (χ0n) is 6.69. The lowest BCUT2D eigenvalue weighted by Crippen LogP contribution is -2.44. The molecule has 68 valence electrons. The van der Waals surface area contributed by atoms with E-state index in [1.54, 1.807) is 0 Å². The average Bonchev–Trinajstić information content (AvgIpc) is 2.50. The van der Waals surface area contributed by atoms with E-state index in [4.69, 9.17) is 10.8 Å². The predicted molar refractivity (Wildman–Crippen MR) is 41.0 cm³/mol. The van der Waals surface area contributed by atoms with Gasteiger partial charge in [-0.05, 0) is 12.8 Å². The summed E-state index contributed by atoms with van der Waals surface area (Å²) in [6, 6.07) is -0.510. The Hall–Kier alpha value is -1.10. The molecule has 2 amide bonds. The number of likely N-dealkylation sites (tertiary alicyclic amines) is 1. The Morgan fingerprint density at radius 2 is 2.25 bits per heavy atom. The first-order valence-corrected chi connectivity index (χ1v) is 3.86. The average molecular weight is 172 g/mol. The van der Waals surface area contributed by atoms with E-state index in [9.17, 15) is 9.59 Å². The minimum Gasteiger partial charge on any atom is -0.387 e. The fourth-order valence-corrected chi connectivity index (χ4v) is 1.45. The van der Waals surface area contributed by atoms with Gasteiger partial charge in [0.15, 0.2) is 0 Å². The Labute approximate surface area is 70.1 Å². The first kappa shape index (κ1) is 8.99. The third kappa shape index (κ3) is 1.55. The number of carbonyl (C=O) groups is 2. The van der Waals surface area contributed by atoms with Gasteiger partial charge in [0, 0.05) is 6.54 Å². The number of carbonyl (C=O) groups excluding carboxylic acids is 2. The van der Waals surface area contributed by atoms with E-state index in [1.807, 2.05) is 0 Å². The SMILES string of the molecule is NC(=O)[C@H]1CCCN1C(=O)CO. The fourth-order valence-electron chi connectivity index (χ4n) is 1.45. The van der Waals surface area contributed by atoms with Gasteiger partial charge in [-0.3, -0.25) is 9.59 Å². The van der Waals surface area contributed by atoms with Gasteiger partial charge in [-0.1, -0.05) is 0 Å². The Morgan fingerprint density at radius 1 is 1.58 bits per heavy atom. The van der Waals surface area contributed by atoms with Crippen LogP contribution in [0.4, 0.5) is 0 Å². The van der Waals surface area contributed by atoms with Crippen molar-refractivity contribution < 1.29 is 14.7 Å². The van der Waals surface area contributed by atoms with Crippen LogP contribution in [0.25, 0.3) is 0 Å². The minimum atomic E-state index is -0.552. The molecular weight excluding hydrogens is 160 g/mol. The van der Waals surface area contributed by atoms with Crippen molar-refractivity contribution in [3.8, 4) is 0 Å². The molecule has 0 aromatic heterocycles. The van der Waals surface area contributed by atoms with Gasteiger partial charge in [0.05, 0.1) is 0 Å². The first-order chi connectivity index (χ1) is 5.66. The molecule has 3 N–H and O–H groups in total. The quantitative estimate of drug-likeness (QED) is 0.529. The zero-order valence-corrected chi connectivity index (χ0v) is 6.69. The number of amides is 2. The van der Waals surface area contributed by atoms with Crippen LogP contribution in [0.1, 0.15) is 12.8 Å². The lowest BCUT2D eigenvalue weighted by Gasteiger charge is -2.20. The molecule has 1 aliphatic rings. The number of nitrogens with zero attached hydrogens (tertiary/aromatic N) is 1. The molecule has 5 nitrogen and oxygen atoms in total. The summed E-state index contributed by atoms with van der Waals surface area (Å²) >= 11 is 0. The molecule has 0 aliphatic carbocycles. The van der Waals surface area contributed by atoms with Crippen molar-refractivity contribution in [2.24, 2.45) is 5.73 Å². The summed E-state index contributed by atoms with van der Waals surface area (Å²) in [6.07, 6.45) is 1.39. The normalized spacial score (nSPS) is 22.8. The Morgan fingerprint density at radius 3 is 2.75 bits per heavy atom. The summed E-state index contributed by atoms with van der Waals surface area (Å²) in [5.41, 5.74) is 5.07. The molecular formula is C7H12N2O3. The van der Waals surface area contributed by atoms with Gasteiger partial charge < -0.3 is 15.7 Å². The summed E-state index contributed by atoms with van der Waals surface area (Å²) in [6.45, 7) is -0.0310. The summed E-state index contributed by atoms with van der Waals surface area (Å²) in [4.78, 5) is 23.1. The molecule has 1 heterocycles. The number of aliphatic hydroxyl groups excluding tert-OH is 1. The number of hydrogen-bond donors (Lipinski definition) is 2. The molecule has 0 spiro atoms. The largest absolute Gasteiger partial charge is 0.387 e. The minimum absolute atomic E-state index is 0.420. The van der Waals surface area contributed by atoms with Crippen LogP contribution in [0.5, 0.6) is 0 Å². The van der Waals surface area contributed by atoms with Gasteiger partial charge in [-0.2, -0.15) is 0 Å². The number of aliphatic hydroxyl groups is 1. The van der Waals surface area contributed by atoms with Crippen molar-refractivity contribution in [1.29, 1.82) is 0 Å². The van der Waals surface area contributed by atoms with Gasteiger partial charge in [0.1, 0.15) is 12.6 Å². The molecule has 0 radical (unpaired) electrons. The lowest BCUT2D eigenvalue weighted by atomic mass is 10.2. The van der Waals surface area contributed by atoms with Crippen LogP contribution in [0, 0.1) is 0 Å². The maximum atomic E-state index is 11.0. The molecule has 0 aromatic rings. The second kappa shape index (κ2) is 3.53. The molecule has 1 saturated heterocycles. The molecule has 0 unspecified atom stereocenters. The number of hydrogen-bond acceptors (Lipinski definition) is 3. The molecule has 1 rings (SSSR count). The van der Waals surface area contributed by atoms with Crippen LogP contribution in [0.2, 0.25) is 0 Å². The third-order valence-electron chi connectivity index (χ3n) is 2.04. The fraction of sp³-hybridized carbons (Fsp3) is 0.714. The zero-order chi connectivity index (χ0) is 9.14. The number of primary amides is 1. The van der Waals surface area contributed by atoms with E-state index >= 15 is 0 Å². The van der Waals surface area contributed by atoms with Crippen LogP contribution in [-0.4, -0.2) is 41.0 Å². The summed E-state index contributed by atoms with van der Waals surface area (Å²) in [7, 11) is 0. The van der Waals surface area contributed by atoms with Crippen molar-refractivity contribution in [2.75, 3.05) is 13.2 Å². The van der Waals surface area contributed by atoms with Crippen LogP contribution >= 0.6 is 0 Å². The molecule has 1 fully saturated rings. The monoisotopic (exact) mass is 172 g/mol. The van der Waals surface area contributed by atoms with E-state index in [1.165, 1.54) is 4.90 Å². The molecule has 5 heteroatoms. The first-order valence-electron chi connectivity index (χ1n) is 3.86. The van der Waals surface area contributed by atoms with Crippen LogP contribution in [0.15, 0.2) is 0 Å². The van der Waals surface area contributed by atoms with Gasteiger partial charge in [0.2, 0.25) is 11.8 Å². The van der Waals surface area contributed by atoms with E-state index < -0.39 is 24.5 Å². The van der Waals surface area contributed by atoms with Crippen LogP contribution < -0.4 is 5.73 Å². The van der Waals surface area contributed by atoms with Crippen LogP contribution in [0.3, 0.4) is 0 Å². The second-order valence-electron chi connectivity index (χ2n) is 2.81. The predicted octanol–water partition coefficient (Wildman–Crippen LogP) is -1.54.